The molecule has 2 saturated heterocycles. The number of carbonyl (C=O) groups excluding carboxylic acids is 4. The maximum atomic E-state index is 14.8. The smallest absolute Gasteiger partial charge is 0.241 e. The van der Waals surface area contributed by atoms with Crippen LogP contribution in [0.5, 0.6) is 5.75 Å². The van der Waals surface area contributed by atoms with Gasteiger partial charge in [-0.25, -0.2) is 4.90 Å². The summed E-state index contributed by atoms with van der Waals surface area (Å²) in [6.07, 6.45) is 2.52. The summed E-state index contributed by atoms with van der Waals surface area (Å²) in [5.41, 5.74) is 3.33. The van der Waals surface area contributed by atoms with Crippen molar-refractivity contribution in [3.8, 4) is 5.75 Å². The van der Waals surface area contributed by atoms with Crippen LogP contribution in [-0.2, 0) is 19.2 Å². The number of benzene rings is 5. The van der Waals surface area contributed by atoms with E-state index in [2.05, 4.69) is 10.2 Å². The van der Waals surface area contributed by atoms with Crippen molar-refractivity contribution in [2.45, 2.75) is 25.7 Å². The Bertz CT molecular complexity index is 2460. The fourth-order valence-electron chi connectivity index (χ4n) is 9.59. The average Bonchev–Trinajstić information content (AvgIpc) is 3.57. The Labute approximate surface area is 318 Å². The number of hydrogen-bond acceptors (Lipinski definition) is 8. The Kier molecular flexibility index (Phi) is 8.04. The van der Waals surface area contributed by atoms with Crippen molar-refractivity contribution in [3.63, 3.8) is 0 Å². The molecule has 5 aromatic rings. The van der Waals surface area contributed by atoms with Crippen LogP contribution >= 0.6 is 0 Å². The number of imide groups is 2. The summed E-state index contributed by atoms with van der Waals surface area (Å²) in [6.45, 7) is 1.83. The zero-order valence-corrected chi connectivity index (χ0v) is 30.7. The Morgan fingerprint density at radius 2 is 1.33 bits per heavy atom. The number of carbonyl (C=O) groups is 4. The Balaban J connectivity index is 1.09. The number of anilines is 3. The molecule has 10 heteroatoms. The first kappa shape index (κ1) is 34.4. The summed E-state index contributed by atoms with van der Waals surface area (Å²) < 4.78 is 0. The average molecular weight is 730 g/mol. The first-order valence-corrected chi connectivity index (χ1v) is 18.6. The van der Waals surface area contributed by atoms with E-state index < -0.39 is 35.0 Å². The van der Waals surface area contributed by atoms with Gasteiger partial charge in [0.05, 0.1) is 45.9 Å². The molecule has 6 atom stereocenters. The molecule has 0 aromatic heterocycles. The normalized spacial score (nSPS) is 26.0. The number of hydrogen-bond donors (Lipinski definition) is 1. The molecule has 4 amide bonds. The summed E-state index contributed by atoms with van der Waals surface area (Å²) in [4.78, 5) is 62.7. The quantitative estimate of drug-likeness (QED) is 0.106. The van der Waals surface area contributed by atoms with Crippen molar-refractivity contribution in [3.05, 3.63) is 132 Å². The first-order chi connectivity index (χ1) is 26.6. The molecule has 1 saturated carbocycles. The van der Waals surface area contributed by atoms with Gasteiger partial charge in [0, 0.05) is 31.3 Å². The monoisotopic (exact) mass is 729 g/mol. The number of para-hydroxylation sites is 1. The van der Waals surface area contributed by atoms with E-state index in [4.69, 9.17) is 0 Å². The molecule has 0 spiro atoms. The third-order valence-corrected chi connectivity index (χ3v) is 12.3. The topological polar surface area (TPSA) is 123 Å². The fraction of sp³-hybridized carbons (Fsp3) is 0.244. The van der Waals surface area contributed by atoms with Gasteiger partial charge in [0.15, 0.2) is 0 Å². The number of fused-ring (bicyclic) bond motifs is 5. The maximum absolute atomic E-state index is 14.8. The third-order valence-electron chi connectivity index (χ3n) is 12.3. The number of amides is 4. The fourth-order valence-corrected chi connectivity index (χ4v) is 9.59. The van der Waals surface area contributed by atoms with E-state index in [-0.39, 0.29) is 35.8 Å². The van der Waals surface area contributed by atoms with E-state index in [9.17, 15) is 24.3 Å². The summed E-state index contributed by atoms with van der Waals surface area (Å²) in [6, 6.07) is 34.6. The van der Waals surface area contributed by atoms with Crippen LogP contribution in [0.4, 0.5) is 28.4 Å². The number of aromatic hydroxyl groups is 1. The third kappa shape index (κ3) is 5.22. The van der Waals surface area contributed by atoms with E-state index >= 15 is 0 Å². The summed E-state index contributed by atoms with van der Waals surface area (Å²) in [5, 5.41) is 22.0. The second-order valence-electron chi connectivity index (χ2n) is 15.4. The molecule has 10 nitrogen and oxygen atoms in total. The summed E-state index contributed by atoms with van der Waals surface area (Å²) in [7, 11) is 3.94. The van der Waals surface area contributed by atoms with Crippen LogP contribution in [0.25, 0.3) is 10.8 Å². The number of allylic oxidation sites excluding steroid dienone is 2. The minimum Gasteiger partial charge on any atom is -0.508 e. The second-order valence-corrected chi connectivity index (χ2v) is 15.4. The van der Waals surface area contributed by atoms with E-state index in [1.54, 1.807) is 54.6 Å². The van der Waals surface area contributed by atoms with Gasteiger partial charge in [-0.15, -0.1) is 0 Å². The van der Waals surface area contributed by atoms with Crippen molar-refractivity contribution >= 4 is 62.8 Å². The largest absolute Gasteiger partial charge is 0.508 e. The SMILES string of the molecule is CN(C)c1ccc(N=Nc2ccc(N3C(=O)[C@H]4[C@H](CC=C5[C@H]4C[C@H]4C(=O)N(c6ccccc6)C(=O)[C@@]4(C)[C@H]5c4c(O)ccc5ccccc45)C3=O)cc2)cc1. The standard InChI is InChI=1S/C45H39N5O5/c1-45-36(42(53)50(44(45)55)30-10-5-4-6-11-30)25-35-33(40(45)39-32-12-8-7-9-26(32)13-24-37(39)51)22-23-34-38(35)43(54)49(41(34)52)31-20-16-28(17-21-31)47-46-27-14-18-29(19-15-27)48(2)3/h4-22,24,34-36,38,40,51H,23,25H2,1-3H3/t34-,35+,36-,38-,40+,45+/m0/s1. The van der Waals surface area contributed by atoms with E-state index in [1.165, 1.54) is 9.80 Å². The molecule has 2 heterocycles. The molecule has 0 unspecified atom stereocenters. The van der Waals surface area contributed by atoms with Crippen molar-refractivity contribution < 1.29 is 24.3 Å². The van der Waals surface area contributed by atoms with Crippen LogP contribution in [0.1, 0.15) is 31.2 Å². The number of phenols is 1. The lowest BCUT2D eigenvalue weighted by molar-refractivity contribution is -0.131. The zero-order valence-electron chi connectivity index (χ0n) is 30.7. The molecule has 9 rings (SSSR count). The molecular weight excluding hydrogens is 691 g/mol. The lowest BCUT2D eigenvalue weighted by atomic mass is 9.51. The minimum absolute atomic E-state index is 0.0176. The van der Waals surface area contributed by atoms with Crippen LogP contribution in [0.3, 0.4) is 0 Å². The van der Waals surface area contributed by atoms with Gasteiger partial charge in [-0.05, 0) is 103 Å². The molecule has 274 valence electrons. The Hall–Kier alpha value is -6.42. The number of phenolic OH excluding ortho intramolecular Hbond substituents is 1. The molecule has 2 aliphatic heterocycles. The maximum Gasteiger partial charge on any atom is 0.241 e. The molecule has 5 aromatic carbocycles. The number of azo groups is 1. The van der Waals surface area contributed by atoms with Gasteiger partial charge in [0.2, 0.25) is 23.6 Å². The number of nitrogens with zero attached hydrogens (tertiary/aromatic N) is 5. The highest BCUT2D eigenvalue weighted by atomic mass is 16.3. The van der Waals surface area contributed by atoms with Crippen LogP contribution < -0.4 is 14.7 Å². The van der Waals surface area contributed by atoms with Gasteiger partial charge in [-0.3, -0.25) is 24.1 Å². The van der Waals surface area contributed by atoms with Crippen LogP contribution in [0.2, 0.25) is 0 Å². The molecule has 0 bridgehead atoms. The second kappa shape index (κ2) is 12.9. The van der Waals surface area contributed by atoms with Gasteiger partial charge in [-0.2, -0.15) is 10.2 Å². The summed E-state index contributed by atoms with van der Waals surface area (Å²) >= 11 is 0. The van der Waals surface area contributed by atoms with Gasteiger partial charge < -0.3 is 10.0 Å². The predicted molar refractivity (Wildman–Crippen MR) is 211 cm³/mol. The predicted octanol–water partition coefficient (Wildman–Crippen LogP) is 8.46. The van der Waals surface area contributed by atoms with E-state index in [0.717, 1.165) is 22.0 Å². The van der Waals surface area contributed by atoms with Gasteiger partial charge in [-0.1, -0.05) is 60.2 Å². The molecule has 4 aliphatic rings. The molecule has 1 N–H and O–H groups in total. The molecule has 55 heavy (non-hydrogen) atoms. The molecule has 0 radical (unpaired) electrons. The van der Waals surface area contributed by atoms with Gasteiger partial charge in [0.25, 0.3) is 0 Å². The summed E-state index contributed by atoms with van der Waals surface area (Å²) in [5.74, 6) is -4.70. The zero-order chi connectivity index (χ0) is 38.2. The van der Waals surface area contributed by atoms with Crippen LogP contribution in [0, 0.1) is 29.1 Å². The van der Waals surface area contributed by atoms with Gasteiger partial charge in [0.1, 0.15) is 5.75 Å². The van der Waals surface area contributed by atoms with Crippen molar-refractivity contribution in [2.75, 3.05) is 28.8 Å². The van der Waals surface area contributed by atoms with Gasteiger partial charge >= 0.3 is 0 Å². The van der Waals surface area contributed by atoms with Crippen LogP contribution in [-0.4, -0.2) is 42.8 Å². The highest BCUT2D eigenvalue weighted by Gasteiger charge is 2.68. The Morgan fingerprint density at radius 1 is 0.691 bits per heavy atom. The highest BCUT2D eigenvalue weighted by molar-refractivity contribution is 6.25. The van der Waals surface area contributed by atoms with Crippen molar-refractivity contribution in [1.29, 1.82) is 0 Å². The molecular formula is C45H39N5O5. The van der Waals surface area contributed by atoms with Crippen molar-refractivity contribution in [2.24, 2.45) is 39.3 Å². The van der Waals surface area contributed by atoms with Crippen molar-refractivity contribution in [1.82, 2.24) is 0 Å². The van der Waals surface area contributed by atoms with E-state index in [1.807, 2.05) is 92.7 Å². The molecule has 2 aliphatic carbocycles. The van der Waals surface area contributed by atoms with E-state index in [0.29, 0.717) is 34.7 Å². The van der Waals surface area contributed by atoms with Crippen LogP contribution in [0.15, 0.2) is 137 Å². The first-order valence-electron chi connectivity index (χ1n) is 18.6. The number of rotatable bonds is 6. The lowest BCUT2D eigenvalue weighted by Crippen LogP contribution is -2.49. The Morgan fingerprint density at radius 3 is 2.02 bits per heavy atom. The highest BCUT2D eigenvalue weighted by Crippen LogP contribution is 2.65. The molecule has 3 fully saturated rings. The minimum atomic E-state index is -1.27. The lowest BCUT2D eigenvalue weighted by Gasteiger charge is -2.49.